The minimum atomic E-state index is -0.911. The van der Waals surface area contributed by atoms with Crippen molar-refractivity contribution in [2.75, 3.05) is 11.4 Å². The van der Waals surface area contributed by atoms with Crippen molar-refractivity contribution < 1.29 is 14.7 Å². The summed E-state index contributed by atoms with van der Waals surface area (Å²) >= 11 is 0. The number of carbonyl (C=O) groups is 2. The Kier molecular flexibility index (Phi) is 3.24. The van der Waals surface area contributed by atoms with Crippen LogP contribution in [0.5, 0.6) is 0 Å². The van der Waals surface area contributed by atoms with Crippen LogP contribution >= 0.6 is 0 Å². The fourth-order valence-corrected chi connectivity index (χ4v) is 3.10. The van der Waals surface area contributed by atoms with Crippen LogP contribution in [0.15, 0.2) is 18.2 Å². The van der Waals surface area contributed by atoms with E-state index in [-0.39, 0.29) is 11.8 Å². The van der Waals surface area contributed by atoms with E-state index >= 15 is 0 Å². The maximum atomic E-state index is 12.6. The number of anilines is 1. The van der Waals surface area contributed by atoms with Crippen LogP contribution < -0.4 is 4.90 Å². The highest BCUT2D eigenvalue weighted by Crippen LogP contribution is 2.39. The van der Waals surface area contributed by atoms with E-state index in [9.17, 15) is 14.7 Å². The highest BCUT2D eigenvalue weighted by atomic mass is 16.4. The summed E-state index contributed by atoms with van der Waals surface area (Å²) in [7, 11) is 0. The van der Waals surface area contributed by atoms with Gasteiger partial charge in [0.2, 0.25) is 5.91 Å². The molecule has 0 bridgehead atoms. The topological polar surface area (TPSA) is 57.6 Å². The first-order chi connectivity index (χ1) is 9.59. The van der Waals surface area contributed by atoms with Crippen molar-refractivity contribution in [1.29, 1.82) is 0 Å². The summed E-state index contributed by atoms with van der Waals surface area (Å²) in [4.78, 5) is 25.7. The predicted octanol–water partition coefficient (Wildman–Crippen LogP) is 2.71. The number of hydrogen-bond acceptors (Lipinski definition) is 2. The summed E-state index contributed by atoms with van der Waals surface area (Å²) in [6.45, 7) is 2.70. The van der Waals surface area contributed by atoms with Gasteiger partial charge >= 0.3 is 5.97 Å². The minimum absolute atomic E-state index is 0.0504. The standard InChI is InChI=1S/C16H19NO3/c1-10(11-7-8-11)15(18)17-9-3-5-12-13(16(19)20)4-2-6-14(12)17/h2,4,6,10-11H,3,5,7-9H2,1H3,(H,19,20). The maximum absolute atomic E-state index is 12.6. The van der Waals surface area contributed by atoms with Crippen molar-refractivity contribution >= 4 is 17.6 Å². The molecule has 20 heavy (non-hydrogen) atoms. The first-order valence-corrected chi connectivity index (χ1v) is 7.26. The van der Waals surface area contributed by atoms with Crippen LogP contribution in [0.2, 0.25) is 0 Å². The molecule has 0 spiro atoms. The Balaban J connectivity index is 1.95. The lowest BCUT2D eigenvalue weighted by molar-refractivity contribution is -0.122. The third-order valence-corrected chi connectivity index (χ3v) is 4.47. The lowest BCUT2D eigenvalue weighted by atomic mass is 9.94. The van der Waals surface area contributed by atoms with Crippen LogP contribution in [0.4, 0.5) is 5.69 Å². The number of carboxylic acids is 1. The van der Waals surface area contributed by atoms with Gasteiger partial charge < -0.3 is 10.0 Å². The fourth-order valence-electron chi connectivity index (χ4n) is 3.10. The highest BCUT2D eigenvalue weighted by Gasteiger charge is 2.36. The van der Waals surface area contributed by atoms with Crippen molar-refractivity contribution in [1.82, 2.24) is 0 Å². The molecule has 0 radical (unpaired) electrons. The molecule has 1 aliphatic heterocycles. The first-order valence-electron chi connectivity index (χ1n) is 7.26. The summed E-state index contributed by atoms with van der Waals surface area (Å²) in [5.74, 6) is -0.188. The Morgan fingerprint density at radius 1 is 1.35 bits per heavy atom. The van der Waals surface area contributed by atoms with Gasteiger partial charge in [0.1, 0.15) is 0 Å². The molecule has 1 aromatic carbocycles. The molecule has 1 N–H and O–H groups in total. The lowest BCUT2D eigenvalue weighted by Crippen LogP contribution is -2.40. The molecule has 106 valence electrons. The van der Waals surface area contributed by atoms with Crippen molar-refractivity contribution in [2.24, 2.45) is 11.8 Å². The number of aromatic carboxylic acids is 1. The molecule has 1 saturated carbocycles. The Morgan fingerprint density at radius 2 is 2.10 bits per heavy atom. The van der Waals surface area contributed by atoms with Gasteiger partial charge in [-0.3, -0.25) is 4.79 Å². The lowest BCUT2D eigenvalue weighted by Gasteiger charge is -2.32. The summed E-state index contributed by atoms with van der Waals surface area (Å²) in [5, 5.41) is 9.27. The van der Waals surface area contributed by atoms with Gasteiger partial charge in [-0.1, -0.05) is 13.0 Å². The minimum Gasteiger partial charge on any atom is -0.478 e. The summed E-state index contributed by atoms with van der Waals surface area (Å²) < 4.78 is 0. The smallest absolute Gasteiger partial charge is 0.336 e. The second-order valence-corrected chi connectivity index (χ2v) is 5.83. The van der Waals surface area contributed by atoms with Gasteiger partial charge in [-0.2, -0.15) is 0 Å². The van der Waals surface area contributed by atoms with Gasteiger partial charge in [0.15, 0.2) is 0 Å². The van der Waals surface area contributed by atoms with Gasteiger partial charge in [0, 0.05) is 18.2 Å². The van der Waals surface area contributed by atoms with Crippen LogP contribution in [-0.4, -0.2) is 23.5 Å². The zero-order valence-corrected chi connectivity index (χ0v) is 11.6. The molecule has 3 rings (SSSR count). The zero-order chi connectivity index (χ0) is 14.3. The Labute approximate surface area is 118 Å². The SMILES string of the molecule is CC(C(=O)N1CCCc2c(C(=O)O)cccc21)C1CC1. The Hall–Kier alpha value is -1.84. The van der Waals surface area contributed by atoms with E-state index in [4.69, 9.17) is 0 Å². The molecule has 1 fully saturated rings. The van der Waals surface area contributed by atoms with Gasteiger partial charge in [-0.25, -0.2) is 4.79 Å². The van der Waals surface area contributed by atoms with Crippen molar-refractivity contribution in [2.45, 2.75) is 32.6 Å². The molecule has 1 atom stereocenters. The number of fused-ring (bicyclic) bond motifs is 1. The zero-order valence-electron chi connectivity index (χ0n) is 11.6. The molecule has 4 nitrogen and oxygen atoms in total. The van der Waals surface area contributed by atoms with Gasteiger partial charge in [-0.15, -0.1) is 0 Å². The second-order valence-electron chi connectivity index (χ2n) is 5.83. The second kappa shape index (κ2) is 4.93. The third-order valence-electron chi connectivity index (χ3n) is 4.47. The molecule has 4 heteroatoms. The van der Waals surface area contributed by atoms with E-state index in [1.807, 2.05) is 13.0 Å². The number of rotatable bonds is 3. The average molecular weight is 273 g/mol. The number of amides is 1. The average Bonchev–Trinajstić information content (AvgIpc) is 3.28. The van der Waals surface area contributed by atoms with E-state index in [0.29, 0.717) is 18.0 Å². The third kappa shape index (κ3) is 2.19. The molecule has 1 amide bonds. The van der Waals surface area contributed by atoms with Gasteiger partial charge in [-0.05, 0) is 49.3 Å². The van der Waals surface area contributed by atoms with Gasteiger partial charge in [0.05, 0.1) is 5.56 Å². The van der Waals surface area contributed by atoms with E-state index in [1.54, 1.807) is 17.0 Å². The molecule has 0 aromatic heterocycles. The number of hydrogen-bond donors (Lipinski definition) is 1. The maximum Gasteiger partial charge on any atom is 0.336 e. The predicted molar refractivity (Wildman–Crippen MR) is 76.0 cm³/mol. The molecule has 1 heterocycles. The van der Waals surface area contributed by atoms with Crippen molar-refractivity contribution in [3.63, 3.8) is 0 Å². The summed E-state index contributed by atoms with van der Waals surface area (Å²) in [6.07, 6.45) is 3.85. The number of carboxylic acid groups (broad SMARTS) is 1. The molecular formula is C16H19NO3. The Morgan fingerprint density at radius 3 is 2.75 bits per heavy atom. The first kappa shape index (κ1) is 13.2. The largest absolute Gasteiger partial charge is 0.478 e. The summed E-state index contributed by atoms with van der Waals surface area (Å²) in [5.41, 5.74) is 1.94. The van der Waals surface area contributed by atoms with E-state index in [1.165, 1.54) is 0 Å². The summed E-state index contributed by atoms with van der Waals surface area (Å²) in [6, 6.07) is 5.23. The van der Waals surface area contributed by atoms with Crippen molar-refractivity contribution in [3.8, 4) is 0 Å². The fraction of sp³-hybridized carbons (Fsp3) is 0.500. The van der Waals surface area contributed by atoms with E-state index < -0.39 is 5.97 Å². The van der Waals surface area contributed by atoms with Crippen LogP contribution in [0.25, 0.3) is 0 Å². The number of carbonyl (C=O) groups excluding carboxylic acids is 1. The van der Waals surface area contributed by atoms with E-state index in [2.05, 4.69) is 0 Å². The number of nitrogens with zero attached hydrogens (tertiary/aromatic N) is 1. The molecular weight excluding hydrogens is 254 g/mol. The molecule has 2 aliphatic rings. The van der Waals surface area contributed by atoms with Crippen LogP contribution in [-0.2, 0) is 11.2 Å². The van der Waals surface area contributed by atoms with Crippen LogP contribution in [0.1, 0.15) is 42.1 Å². The number of benzene rings is 1. The van der Waals surface area contributed by atoms with E-state index in [0.717, 1.165) is 36.9 Å². The van der Waals surface area contributed by atoms with Gasteiger partial charge in [0.25, 0.3) is 0 Å². The molecule has 1 aromatic rings. The normalized spacial score (nSPS) is 19.4. The van der Waals surface area contributed by atoms with Crippen molar-refractivity contribution in [3.05, 3.63) is 29.3 Å². The molecule has 1 aliphatic carbocycles. The monoisotopic (exact) mass is 273 g/mol. The molecule has 0 saturated heterocycles. The quantitative estimate of drug-likeness (QED) is 0.921. The molecule has 1 unspecified atom stereocenters. The highest BCUT2D eigenvalue weighted by molar-refractivity contribution is 5.99. The van der Waals surface area contributed by atoms with Crippen LogP contribution in [0.3, 0.4) is 0 Å². The van der Waals surface area contributed by atoms with Crippen LogP contribution in [0, 0.1) is 11.8 Å². The Bertz CT molecular complexity index is 563.